The summed E-state index contributed by atoms with van der Waals surface area (Å²) in [6.45, 7) is 8.56. The third kappa shape index (κ3) is 4.49. The Morgan fingerprint density at radius 2 is 1.92 bits per heavy atom. The molecule has 1 saturated heterocycles. The fourth-order valence-electron chi connectivity index (χ4n) is 4.64. The van der Waals surface area contributed by atoms with Crippen molar-refractivity contribution in [3.8, 4) is 0 Å². The van der Waals surface area contributed by atoms with Gasteiger partial charge in [0.15, 0.2) is 0 Å². The maximum Gasteiger partial charge on any atom is 0.282 e. The van der Waals surface area contributed by atoms with Crippen LogP contribution < -0.4 is 5.56 Å². The van der Waals surface area contributed by atoms with Gasteiger partial charge in [0, 0.05) is 45.6 Å². The number of hydrogen-bond donors (Lipinski definition) is 0. The van der Waals surface area contributed by atoms with Gasteiger partial charge in [0.25, 0.3) is 5.56 Å². The molecule has 3 heterocycles. The van der Waals surface area contributed by atoms with Crippen molar-refractivity contribution in [1.29, 1.82) is 0 Å². The molecule has 0 N–H and O–H groups in total. The normalized spacial score (nSPS) is 14.5. The van der Waals surface area contributed by atoms with Gasteiger partial charge in [0.1, 0.15) is 12.4 Å². The molecule has 186 valence electrons. The van der Waals surface area contributed by atoms with Crippen molar-refractivity contribution in [2.45, 2.75) is 33.2 Å². The number of amides is 1. The fourth-order valence-corrected chi connectivity index (χ4v) is 5.00. The fraction of sp³-hybridized carbons (Fsp3) is 0.333. The Balaban J connectivity index is 1.59. The predicted molar refractivity (Wildman–Crippen MR) is 145 cm³/mol. The number of aromatic nitrogens is 3. The summed E-state index contributed by atoms with van der Waals surface area (Å²) in [4.78, 5) is 33.0. The first kappa shape index (κ1) is 24.4. The maximum atomic E-state index is 13.4. The van der Waals surface area contributed by atoms with Gasteiger partial charge in [-0.1, -0.05) is 48.0 Å². The smallest absolute Gasteiger partial charge is 0.282 e. The number of ether oxygens (including phenoxy) is 1. The molecule has 9 heteroatoms. The van der Waals surface area contributed by atoms with Crippen LogP contribution in [0.15, 0.2) is 56.8 Å². The summed E-state index contributed by atoms with van der Waals surface area (Å²) in [7, 11) is 0. The van der Waals surface area contributed by atoms with E-state index >= 15 is 0 Å². The van der Waals surface area contributed by atoms with E-state index in [4.69, 9.17) is 9.72 Å². The zero-order valence-corrected chi connectivity index (χ0v) is 22.2. The highest BCUT2D eigenvalue weighted by Crippen LogP contribution is 2.25. The van der Waals surface area contributed by atoms with E-state index in [1.807, 2.05) is 66.6 Å². The second-order valence-corrected chi connectivity index (χ2v) is 10.2. The highest BCUT2D eigenvalue weighted by Gasteiger charge is 2.21. The van der Waals surface area contributed by atoms with Crippen LogP contribution in [0, 0.1) is 6.92 Å². The van der Waals surface area contributed by atoms with Crippen molar-refractivity contribution >= 4 is 49.9 Å². The molecule has 0 bridgehead atoms. The molecule has 0 radical (unpaired) electrons. The molecule has 4 aromatic rings. The van der Waals surface area contributed by atoms with Gasteiger partial charge < -0.3 is 14.2 Å². The predicted octanol–water partition coefficient (Wildman–Crippen LogP) is 4.29. The summed E-state index contributed by atoms with van der Waals surface area (Å²) in [5.41, 5.74) is 3.17. The second kappa shape index (κ2) is 9.99. The SMILES string of the molecule is Cc1c(C=Nn2c(C(C)C)nc3ccc(Br)cc3c2=O)c2ccccc2n1CC(=O)N1CCOCC1. The molecule has 0 atom stereocenters. The average Bonchev–Trinajstić information content (AvgIpc) is 3.14. The van der Waals surface area contributed by atoms with Gasteiger partial charge in [-0.05, 0) is 31.2 Å². The monoisotopic (exact) mass is 549 g/mol. The number of hydrogen-bond acceptors (Lipinski definition) is 5. The molecular weight excluding hydrogens is 522 g/mol. The van der Waals surface area contributed by atoms with Gasteiger partial charge in [-0.15, -0.1) is 0 Å². The number of carbonyl (C=O) groups excluding carboxylic acids is 1. The van der Waals surface area contributed by atoms with Crippen LogP contribution in [0.5, 0.6) is 0 Å². The summed E-state index contributed by atoms with van der Waals surface area (Å²) in [5.74, 6) is 0.653. The molecule has 2 aromatic heterocycles. The summed E-state index contributed by atoms with van der Waals surface area (Å²) in [6, 6.07) is 13.4. The summed E-state index contributed by atoms with van der Waals surface area (Å²) in [6.07, 6.45) is 1.71. The van der Waals surface area contributed by atoms with Crippen molar-refractivity contribution in [2.75, 3.05) is 26.3 Å². The van der Waals surface area contributed by atoms with Crippen molar-refractivity contribution in [3.63, 3.8) is 0 Å². The number of rotatable bonds is 5. The second-order valence-electron chi connectivity index (χ2n) is 9.24. The molecule has 0 unspecified atom stereocenters. The van der Waals surface area contributed by atoms with Gasteiger partial charge in [-0.2, -0.15) is 9.78 Å². The number of morpholine rings is 1. The van der Waals surface area contributed by atoms with E-state index in [-0.39, 0.29) is 23.9 Å². The number of carbonyl (C=O) groups is 1. The first-order valence-electron chi connectivity index (χ1n) is 12.0. The standard InChI is InChI=1S/C27H28BrN5O3/c1-17(2)26-30-23-9-8-19(28)14-21(23)27(35)33(26)29-15-22-18(3)32(24-7-5-4-6-20(22)24)16-25(34)31-10-12-36-13-11-31/h4-9,14-15,17H,10-13,16H2,1-3H3. The van der Waals surface area contributed by atoms with Crippen LogP contribution in [-0.4, -0.2) is 57.6 Å². The minimum absolute atomic E-state index is 0.00326. The first-order chi connectivity index (χ1) is 17.3. The molecule has 1 aliphatic heterocycles. The quantitative estimate of drug-likeness (QED) is 0.348. The largest absolute Gasteiger partial charge is 0.378 e. The van der Waals surface area contributed by atoms with Crippen LogP contribution >= 0.6 is 15.9 Å². The van der Waals surface area contributed by atoms with Crippen LogP contribution in [0.2, 0.25) is 0 Å². The van der Waals surface area contributed by atoms with Crippen LogP contribution in [0.25, 0.3) is 21.8 Å². The number of para-hydroxylation sites is 1. The summed E-state index contributed by atoms with van der Waals surface area (Å²) >= 11 is 3.45. The number of fused-ring (bicyclic) bond motifs is 2. The van der Waals surface area contributed by atoms with Gasteiger partial charge >= 0.3 is 0 Å². The van der Waals surface area contributed by atoms with Crippen molar-refractivity contribution in [3.05, 3.63) is 74.4 Å². The van der Waals surface area contributed by atoms with Gasteiger partial charge in [-0.25, -0.2) is 4.98 Å². The van der Waals surface area contributed by atoms with Crippen LogP contribution in [0.3, 0.4) is 0 Å². The van der Waals surface area contributed by atoms with Crippen molar-refractivity contribution in [2.24, 2.45) is 5.10 Å². The van der Waals surface area contributed by atoms with E-state index in [0.717, 1.165) is 26.6 Å². The Morgan fingerprint density at radius 1 is 1.17 bits per heavy atom. The molecule has 36 heavy (non-hydrogen) atoms. The Bertz CT molecular complexity index is 1550. The van der Waals surface area contributed by atoms with Crippen molar-refractivity contribution < 1.29 is 9.53 Å². The van der Waals surface area contributed by atoms with E-state index in [1.165, 1.54) is 4.68 Å². The molecule has 8 nitrogen and oxygen atoms in total. The lowest BCUT2D eigenvalue weighted by Gasteiger charge is -2.27. The molecule has 2 aromatic carbocycles. The number of benzene rings is 2. The zero-order valence-electron chi connectivity index (χ0n) is 20.6. The number of halogens is 1. The molecule has 1 fully saturated rings. The highest BCUT2D eigenvalue weighted by atomic mass is 79.9. The van der Waals surface area contributed by atoms with E-state index < -0.39 is 0 Å². The van der Waals surface area contributed by atoms with E-state index in [2.05, 4.69) is 21.0 Å². The first-order valence-corrected chi connectivity index (χ1v) is 12.8. The van der Waals surface area contributed by atoms with Crippen LogP contribution in [0.1, 0.15) is 36.8 Å². The lowest BCUT2D eigenvalue weighted by Crippen LogP contribution is -2.42. The molecule has 1 aliphatic rings. The van der Waals surface area contributed by atoms with Crippen LogP contribution in [-0.2, 0) is 16.1 Å². The Morgan fingerprint density at radius 3 is 2.67 bits per heavy atom. The Hall–Kier alpha value is -3.30. The highest BCUT2D eigenvalue weighted by molar-refractivity contribution is 9.10. The lowest BCUT2D eigenvalue weighted by atomic mass is 10.1. The average molecular weight is 550 g/mol. The minimum Gasteiger partial charge on any atom is -0.378 e. The third-order valence-corrected chi connectivity index (χ3v) is 7.08. The topological polar surface area (TPSA) is 81.7 Å². The molecule has 1 amide bonds. The van der Waals surface area contributed by atoms with E-state index in [0.29, 0.717) is 43.0 Å². The van der Waals surface area contributed by atoms with Crippen LogP contribution in [0.4, 0.5) is 0 Å². The maximum absolute atomic E-state index is 13.4. The Kier molecular flexibility index (Phi) is 6.77. The van der Waals surface area contributed by atoms with E-state index in [1.54, 1.807) is 12.3 Å². The zero-order chi connectivity index (χ0) is 25.4. The van der Waals surface area contributed by atoms with E-state index in [9.17, 15) is 9.59 Å². The summed E-state index contributed by atoms with van der Waals surface area (Å²) < 4.78 is 9.62. The number of nitrogens with zero attached hydrogens (tertiary/aromatic N) is 5. The molecule has 0 saturated carbocycles. The summed E-state index contributed by atoms with van der Waals surface area (Å²) in [5, 5.41) is 6.12. The van der Waals surface area contributed by atoms with Gasteiger partial charge in [0.05, 0.1) is 30.3 Å². The molecule has 0 aliphatic carbocycles. The lowest BCUT2D eigenvalue weighted by molar-refractivity contribution is -0.135. The van der Waals surface area contributed by atoms with Gasteiger partial charge in [-0.3, -0.25) is 9.59 Å². The van der Waals surface area contributed by atoms with Crippen molar-refractivity contribution in [1.82, 2.24) is 19.1 Å². The van der Waals surface area contributed by atoms with Gasteiger partial charge in [0.2, 0.25) is 5.91 Å². The molecule has 5 rings (SSSR count). The third-order valence-electron chi connectivity index (χ3n) is 6.59. The molecule has 0 spiro atoms. The minimum atomic E-state index is -0.217. The Labute approximate surface area is 217 Å². The molecular formula is C27H28BrN5O3.